The van der Waals surface area contributed by atoms with E-state index in [0.29, 0.717) is 26.2 Å². The van der Waals surface area contributed by atoms with Crippen LogP contribution in [0.5, 0.6) is 0 Å². The highest BCUT2D eigenvalue weighted by Crippen LogP contribution is 2.41. The first-order chi connectivity index (χ1) is 11.1. The molecule has 124 valence electrons. The monoisotopic (exact) mass is 317 g/mol. The average molecular weight is 317 g/mol. The molecule has 2 aliphatic heterocycles. The number of rotatable bonds is 5. The highest BCUT2D eigenvalue weighted by Gasteiger charge is 2.35. The molecule has 2 amide bonds. The lowest BCUT2D eigenvalue weighted by molar-refractivity contribution is -0.115. The van der Waals surface area contributed by atoms with Gasteiger partial charge in [-0.2, -0.15) is 0 Å². The fourth-order valence-corrected chi connectivity index (χ4v) is 3.45. The van der Waals surface area contributed by atoms with Gasteiger partial charge in [0, 0.05) is 19.1 Å². The van der Waals surface area contributed by atoms with Crippen LogP contribution < -0.4 is 10.2 Å². The zero-order valence-electron chi connectivity index (χ0n) is 13.7. The molecule has 0 aliphatic carbocycles. The highest BCUT2D eigenvalue weighted by atomic mass is 16.6. The predicted octanol–water partition coefficient (Wildman–Crippen LogP) is 2.24. The lowest BCUT2D eigenvalue weighted by Crippen LogP contribution is -2.44. The van der Waals surface area contributed by atoms with Gasteiger partial charge in [0.2, 0.25) is 5.91 Å². The van der Waals surface area contributed by atoms with E-state index in [-0.39, 0.29) is 18.0 Å². The van der Waals surface area contributed by atoms with Crippen LogP contribution in [0.1, 0.15) is 25.8 Å². The molecule has 1 N–H and O–H groups in total. The van der Waals surface area contributed by atoms with Crippen molar-refractivity contribution in [1.82, 2.24) is 4.90 Å². The third-order valence-corrected chi connectivity index (χ3v) is 4.53. The van der Waals surface area contributed by atoms with Crippen molar-refractivity contribution in [3.8, 4) is 0 Å². The quantitative estimate of drug-likeness (QED) is 0.905. The second kappa shape index (κ2) is 6.48. The van der Waals surface area contributed by atoms with Crippen molar-refractivity contribution in [2.45, 2.75) is 32.7 Å². The summed E-state index contributed by atoms with van der Waals surface area (Å²) in [6, 6.07) is 6.30. The molecule has 0 saturated heterocycles. The highest BCUT2D eigenvalue weighted by molar-refractivity contribution is 6.02. The summed E-state index contributed by atoms with van der Waals surface area (Å²) in [5.74, 6) is 0.0271. The smallest absolute Gasteiger partial charge is 0.409 e. The van der Waals surface area contributed by atoms with Crippen molar-refractivity contribution in [2.75, 3.05) is 36.5 Å². The summed E-state index contributed by atoms with van der Waals surface area (Å²) in [6.45, 7) is 5.81. The Morgan fingerprint density at radius 1 is 1.43 bits per heavy atom. The molecule has 2 heterocycles. The Kier molecular flexibility index (Phi) is 4.41. The molecule has 2 aliphatic rings. The minimum Gasteiger partial charge on any atom is -0.450 e. The van der Waals surface area contributed by atoms with Gasteiger partial charge < -0.3 is 19.9 Å². The minimum atomic E-state index is -0.261. The Morgan fingerprint density at radius 3 is 3.00 bits per heavy atom. The summed E-state index contributed by atoms with van der Waals surface area (Å²) in [5.41, 5.74) is 3.32. The van der Waals surface area contributed by atoms with Crippen LogP contribution in [0.25, 0.3) is 0 Å². The van der Waals surface area contributed by atoms with Gasteiger partial charge in [-0.3, -0.25) is 4.79 Å². The van der Waals surface area contributed by atoms with Crippen LogP contribution in [0.15, 0.2) is 18.2 Å². The molecule has 0 radical (unpaired) electrons. The minimum absolute atomic E-state index is 0.0271. The molecule has 0 fully saturated rings. The summed E-state index contributed by atoms with van der Waals surface area (Å²) in [4.78, 5) is 27.7. The van der Waals surface area contributed by atoms with E-state index in [2.05, 4.69) is 16.3 Å². The molecule has 6 heteroatoms. The second-order valence-corrected chi connectivity index (χ2v) is 5.91. The number of hydrogen-bond acceptors (Lipinski definition) is 4. The molecule has 0 unspecified atom stereocenters. The lowest BCUT2D eigenvalue weighted by atomic mass is 10.1. The zero-order chi connectivity index (χ0) is 16.4. The molecule has 0 aromatic heterocycles. The number of nitrogens with one attached hydrogen (secondary N) is 1. The SMILES string of the molecule is CCOC(=O)N(CC)CC[C@H]1Cc2cccc3c2N1CC(=O)N3. The summed E-state index contributed by atoms with van der Waals surface area (Å²) < 4.78 is 5.08. The van der Waals surface area contributed by atoms with Crippen LogP contribution >= 0.6 is 0 Å². The van der Waals surface area contributed by atoms with Crippen molar-refractivity contribution in [1.29, 1.82) is 0 Å². The van der Waals surface area contributed by atoms with E-state index in [1.807, 2.05) is 26.0 Å². The van der Waals surface area contributed by atoms with Gasteiger partial charge in [0.15, 0.2) is 0 Å². The summed E-state index contributed by atoms with van der Waals surface area (Å²) in [6.07, 6.45) is 1.48. The van der Waals surface area contributed by atoms with Crippen LogP contribution in [0.3, 0.4) is 0 Å². The number of nitrogens with zero attached hydrogens (tertiary/aromatic N) is 2. The van der Waals surface area contributed by atoms with Gasteiger partial charge >= 0.3 is 6.09 Å². The molecule has 1 aromatic carbocycles. The number of anilines is 2. The number of amides is 2. The van der Waals surface area contributed by atoms with E-state index < -0.39 is 0 Å². The predicted molar refractivity (Wildman–Crippen MR) is 88.8 cm³/mol. The van der Waals surface area contributed by atoms with Gasteiger partial charge in [-0.05, 0) is 38.3 Å². The molecule has 1 aromatic rings. The molecule has 1 atom stereocenters. The normalized spacial score (nSPS) is 18.4. The first-order valence-electron chi connectivity index (χ1n) is 8.24. The fourth-order valence-electron chi connectivity index (χ4n) is 3.45. The van der Waals surface area contributed by atoms with E-state index >= 15 is 0 Å². The second-order valence-electron chi connectivity index (χ2n) is 5.91. The van der Waals surface area contributed by atoms with Crippen molar-refractivity contribution < 1.29 is 14.3 Å². The molecule has 23 heavy (non-hydrogen) atoms. The number of carbonyl (C=O) groups is 2. The molecule has 0 bridgehead atoms. The number of ether oxygens (including phenoxy) is 1. The standard InChI is InChI=1S/C17H23N3O3/c1-3-19(17(22)23-4-2)9-8-13-10-12-6-5-7-14-16(12)20(13)11-15(21)18-14/h5-7,13H,3-4,8-11H2,1-2H3,(H,18,21)/t13-/m0/s1. The van der Waals surface area contributed by atoms with Gasteiger partial charge in [0.1, 0.15) is 0 Å². The van der Waals surface area contributed by atoms with Gasteiger partial charge in [0.05, 0.1) is 24.5 Å². The van der Waals surface area contributed by atoms with E-state index in [9.17, 15) is 9.59 Å². The molecular weight excluding hydrogens is 294 g/mol. The zero-order valence-corrected chi connectivity index (χ0v) is 13.7. The van der Waals surface area contributed by atoms with Gasteiger partial charge in [-0.25, -0.2) is 4.79 Å². The molecular formula is C17H23N3O3. The Balaban J connectivity index is 1.70. The molecule has 0 saturated carbocycles. The molecule has 3 rings (SSSR count). The third-order valence-electron chi connectivity index (χ3n) is 4.53. The molecule has 0 spiro atoms. The molecule has 6 nitrogen and oxygen atoms in total. The Hall–Kier alpha value is -2.24. The maximum absolute atomic E-state index is 11.9. The number of benzene rings is 1. The van der Waals surface area contributed by atoms with Crippen LogP contribution in [-0.4, -0.2) is 49.2 Å². The summed E-state index contributed by atoms with van der Waals surface area (Å²) in [5, 5.41) is 2.94. The largest absolute Gasteiger partial charge is 0.450 e. The van der Waals surface area contributed by atoms with E-state index in [1.165, 1.54) is 5.56 Å². The fraction of sp³-hybridized carbons (Fsp3) is 0.529. The van der Waals surface area contributed by atoms with Crippen LogP contribution in [0.2, 0.25) is 0 Å². The van der Waals surface area contributed by atoms with E-state index in [1.54, 1.807) is 4.90 Å². The number of carbonyl (C=O) groups excluding carboxylic acids is 2. The first kappa shape index (κ1) is 15.6. The van der Waals surface area contributed by atoms with Crippen molar-refractivity contribution in [3.05, 3.63) is 23.8 Å². The Morgan fingerprint density at radius 2 is 2.26 bits per heavy atom. The average Bonchev–Trinajstić information content (AvgIpc) is 2.87. The summed E-state index contributed by atoms with van der Waals surface area (Å²) in [7, 11) is 0. The first-order valence-corrected chi connectivity index (χ1v) is 8.24. The van der Waals surface area contributed by atoms with E-state index in [0.717, 1.165) is 24.2 Å². The summed E-state index contributed by atoms with van der Waals surface area (Å²) >= 11 is 0. The lowest BCUT2D eigenvalue weighted by Gasteiger charge is -2.33. The van der Waals surface area contributed by atoms with E-state index in [4.69, 9.17) is 4.74 Å². The third kappa shape index (κ3) is 2.98. The number of hydrogen-bond donors (Lipinski definition) is 1. The van der Waals surface area contributed by atoms with Crippen LogP contribution in [-0.2, 0) is 16.0 Å². The van der Waals surface area contributed by atoms with Gasteiger partial charge in [0.25, 0.3) is 0 Å². The van der Waals surface area contributed by atoms with Crippen molar-refractivity contribution in [2.24, 2.45) is 0 Å². The van der Waals surface area contributed by atoms with Crippen LogP contribution in [0.4, 0.5) is 16.2 Å². The maximum Gasteiger partial charge on any atom is 0.409 e. The van der Waals surface area contributed by atoms with Gasteiger partial charge in [-0.1, -0.05) is 12.1 Å². The number of para-hydroxylation sites is 1. The topological polar surface area (TPSA) is 61.9 Å². The van der Waals surface area contributed by atoms with Crippen molar-refractivity contribution >= 4 is 23.4 Å². The van der Waals surface area contributed by atoms with Crippen molar-refractivity contribution in [3.63, 3.8) is 0 Å². The maximum atomic E-state index is 11.9. The van der Waals surface area contributed by atoms with Crippen LogP contribution in [0, 0.1) is 0 Å². The Bertz CT molecular complexity index is 617. The van der Waals surface area contributed by atoms with Gasteiger partial charge in [-0.15, -0.1) is 0 Å². The Labute approximate surface area is 136 Å².